The van der Waals surface area contributed by atoms with Crippen molar-refractivity contribution in [3.8, 4) is 0 Å². The number of carbonyl (C=O) groups is 2. The van der Waals surface area contributed by atoms with E-state index in [2.05, 4.69) is 93.7 Å². The first kappa shape index (κ1) is 41.9. The molecule has 0 aromatic rings. The highest BCUT2D eigenvalue weighted by Crippen LogP contribution is 2.59. The summed E-state index contributed by atoms with van der Waals surface area (Å²) in [5.41, 5.74) is 1.99. The van der Waals surface area contributed by atoms with Gasteiger partial charge < -0.3 is 18.3 Å². The third-order valence-corrected chi connectivity index (χ3v) is 22.1. The maximum absolute atomic E-state index is 13.0. The molecular weight excluding hydrogens is 645 g/mol. The minimum atomic E-state index is -1.92. The molecule has 0 N–H and O–H groups in total. The van der Waals surface area contributed by atoms with Crippen molar-refractivity contribution in [1.29, 1.82) is 0 Å². The van der Waals surface area contributed by atoms with Crippen LogP contribution in [0, 0.1) is 23.2 Å². The van der Waals surface area contributed by atoms with Gasteiger partial charge in [0.15, 0.2) is 28.0 Å². The van der Waals surface area contributed by atoms with Crippen molar-refractivity contribution < 1.29 is 27.9 Å². The Hall–Kier alpha value is -1.49. The minimum absolute atomic E-state index is 0.171. The third kappa shape index (κ3) is 10.3. The smallest absolute Gasteiger partial charge is 0.435 e. The lowest BCUT2D eigenvalue weighted by molar-refractivity contribution is -0.131. The van der Waals surface area contributed by atoms with Crippen molar-refractivity contribution in [2.24, 2.45) is 23.2 Å². The van der Waals surface area contributed by atoms with Gasteiger partial charge in [-0.05, 0) is 138 Å². The molecule has 3 aliphatic rings. The molecule has 0 spiro atoms. The third-order valence-electron chi connectivity index (χ3n) is 13.0. The highest BCUT2D eigenvalue weighted by Gasteiger charge is 2.50. The molecule has 0 saturated heterocycles. The lowest BCUT2D eigenvalue weighted by Gasteiger charge is -2.45. The lowest BCUT2D eigenvalue weighted by Crippen LogP contribution is -2.48. The fourth-order valence-electron chi connectivity index (χ4n) is 7.98. The minimum Gasteiger partial charge on any atom is -0.435 e. The molecule has 6 nitrogen and oxygen atoms in total. The highest BCUT2D eigenvalue weighted by molar-refractivity contribution is 6.74. The largest absolute Gasteiger partial charge is 0.509 e. The molecule has 6 atom stereocenters. The Labute approximate surface area is 302 Å². The van der Waals surface area contributed by atoms with Gasteiger partial charge in [-0.25, -0.2) is 4.79 Å². The first-order valence-electron chi connectivity index (χ1n) is 19.2. The first-order valence-corrected chi connectivity index (χ1v) is 25.0. The molecule has 49 heavy (non-hydrogen) atoms. The van der Waals surface area contributed by atoms with E-state index in [1.165, 1.54) is 24.8 Å². The second-order valence-corrected chi connectivity index (χ2v) is 28.7. The van der Waals surface area contributed by atoms with Crippen LogP contribution in [0.4, 0.5) is 4.79 Å². The second kappa shape index (κ2) is 15.6. The molecule has 0 heterocycles. The SMILES string of the molecule is CCOC(=O)OC(C)(C)C(=O)/C=C/[C@@H](C)[C@H]1CC[C@H]2/C(=C/C=C3C[C@@H](O[Si](C)(C)C(C)(C)C)C[C@H](O[Si](C)(C)C(C)(C)C)C3)CCC[C@]12C. The monoisotopic (exact) mass is 716 g/mol. The zero-order chi connectivity index (χ0) is 37.2. The molecule has 0 amide bonds. The van der Waals surface area contributed by atoms with E-state index in [9.17, 15) is 9.59 Å². The van der Waals surface area contributed by atoms with E-state index < -0.39 is 28.4 Å². The van der Waals surface area contributed by atoms with E-state index in [0.717, 1.165) is 32.1 Å². The zero-order valence-electron chi connectivity index (χ0n) is 34.0. The number of hydrogen-bond donors (Lipinski definition) is 0. The summed E-state index contributed by atoms with van der Waals surface area (Å²) in [6.45, 7) is 33.4. The molecule has 3 fully saturated rings. The number of ketones is 1. The van der Waals surface area contributed by atoms with Gasteiger partial charge in [-0.3, -0.25) is 4.79 Å². The summed E-state index contributed by atoms with van der Waals surface area (Å²) in [4.78, 5) is 24.9. The maximum atomic E-state index is 13.0. The molecule has 0 bridgehead atoms. The number of ether oxygens (including phenoxy) is 2. The molecule has 0 aromatic carbocycles. The quantitative estimate of drug-likeness (QED) is 0.120. The van der Waals surface area contributed by atoms with Crippen LogP contribution in [0.1, 0.15) is 128 Å². The number of carbonyl (C=O) groups excluding carboxylic acids is 2. The molecule has 8 heteroatoms. The summed E-state index contributed by atoms with van der Waals surface area (Å²) in [7, 11) is -3.85. The fraction of sp³-hybridized carbons (Fsp3) is 0.805. The Kier molecular flexibility index (Phi) is 13.4. The number of allylic oxidation sites excluding steroid dienone is 4. The molecule has 3 rings (SSSR count). The summed E-state index contributed by atoms with van der Waals surface area (Å²) >= 11 is 0. The van der Waals surface area contributed by atoms with Crippen molar-refractivity contribution in [3.63, 3.8) is 0 Å². The van der Waals surface area contributed by atoms with Gasteiger partial charge in [-0.2, -0.15) is 0 Å². The van der Waals surface area contributed by atoms with Crippen LogP contribution in [0.15, 0.2) is 35.5 Å². The van der Waals surface area contributed by atoms with Gasteiger partial charge in [0.1, 0.15) is 0 Å². The van der Waals surface area contributed by atoms with E-state index >= 15 is 0 Å². The summed E-state index contributed by atoms with van der Waals surface area (Å²) in [6.07, 6.45) is 17.1. The van der Waals surface area contributed by atoms with Gasteiger partial charge in [-0.1, -0.05) is 84.8 Å². The molecule has 3 aliphatic carbocycles. The Morgan fingerprint density at radius 1 is 0.898 bits per heavy atom. The Bertz CT molecular complexity index is 1230. The maximum Gasteiger partial charge on any atom is 0.509 e. The van der Waals surface area contributed by atoms with Crippen LogP contribution in [0.3, 0.4) is 0 Å². The van der Waals surface area contributed by atoms with Crippen LogP contribution in [0.2, 0.25) is 36.3 Å². The predicted octanol–water partition coefficient (Wildman–Crippen LogP) is 11.7. The van der Waals surface area contributed by atoms with Crippen molar-refractivity contribution in [2.75, 3.05) is 6.61 Å². The average molecular weight is 717 g/mol. The van der Waals surface area contributed by atoms with Crippen LogP contribution in [-0.2, 0) is 23.1 Å². The van der Waals surface area contributed by atoms with Crippen molar-refractivity contribution in [2.45, 2.75) is 182 Å². The van der Waals surface area contributed by atoms with Crippen molar-refractivity contribution in [3.05, 3.63) is 35.5 Å². The Morgan fingerprint density at radius 3 is 1.96 bits per heavy atom. The Morgan fingerprint density at radius 2 is 1.45 bits per heavy atom. The molecular formula is C41H72O6Si2. The molecule has 280 valence electrons. The number of fused-ring (bicyclic) bond motifs is 1. The summed E-state index contributed by atoms with van der Waals surface area (Å²) < 4.78 is 24.3. The molecule has 3 saturated carbocycles. The average Bonchev–Trinajstić information content (AvgIpc) is 3.30. The fourth-order valence-corrected chi connectivity index (χ4v) is 10.7. The second-order valence-electron chi connectivity index (χ2n) is 19.2. The van der Waals surface area contributed by atoms with E-state index in [-0.39, 0.29) is 46.0 Å². The summed E-state index contributed by atoms with van der Waals surface area (Å²) in [6, 6.07) is 0. The van der Waals surface area contributed by atoms with Crippen molar-refractivity contribution >= 4 is 28.6 Å². The van der Waals surface area contributed by atoms with Crippen LogP contribution in [-0.4, -0.2) is 53.0 Å². The molecule has 0 aromatic heterocycles. The summed E-state index contributed by atoms with van der Waals surface area (Å²) in [5, 5.41) is 0.341. The lowest BCUT2D eigenvalue weighted by atomic mass is 9.61. The van der Waals surface area contributed by atoms with E-state index in [1.807, 2.05) is 6.08 Å². The first-order chi connectivity index (χ1) is 22.3. The summed E-state index contributed by atoms with van der Waals surface area (Å²) in [5.74, 6) is 1.07. The van der Waals surface area contributed by atoms with Gasteiger partial charge >= 0.3 is 6.16 Å². The number of hydrogen-bond acceptors (Lipinski definition) is 6. The molecule has 0 aliphatic heterocycles. The number of rotatable bonds is 11. The van der Waals surface area contributed by atoms with E-state index in [1.54, 1.807) is 32.4 Å². The van der Waals surface area contributed by atoms with Crippen molar-refractivity contribution in [1.82, 2.24) is 0 Å². The topological polar surface area (TPSA) is 71.1 Å². The van der Waals surface area contributed by atoms with Gasteiger partial charge in [-0.15, -0.1) is 0 Å². The van der Waals surface area contributed by atoms with Gasteiger partial charge in [0, 0.05) is 0 Å². The zero-order valence-corrected chi connectivity index (χ0v) is 36.0. The molecule has 0 radical (unpaired) electrons. The van der Waals surface area contributed by atoms with Gasteiger partial charge in [0.05, 0.1) is 18.8 Å². The predicted molar refractivity (Wildman–Crippen MR) is 208 cm³/mol. The van der Waals surface area contributed by atoms with Crippen LogP contribution >= 0.6 is 0 Å². The van der Waals surface area contributed by atoms with Crippen LogP contribution in [0.25, 0.3) is 0 Å². The normalized spacial score (nSPS) is 28.8. The molecule has 0 unspecified atom stereocenters. The Balaban J connectivity index is 1.81. The van der Waals surface area contributed by atoms with Gasteiger partial charge in [0.25, 0.3) is 0 Å². The van der Waals surface area contributed by atoms with Gasteiger partial charge in [0.2, 0.25) is 0 Å². The standard InChI is InChI=1S/C41H72O6Si2/c1-16-44-37(43)45-40(9,10)36(42)24-19-29(2)34-22-23-35-31(18-17-25-41(34,35)11)21-20-30-26-32(46-48(12,13)38(3,4)5)28-33(27-30)47-49(14,15)39(6,7)8/h19-21,24,29,32-35H,16-18,22-23,25-28H2,1-15H3/b24-19+,31-21+/t29-,32-,33-,34-,35+,41-/m1/s1. The van der Waals surface area contributed by atoms with Crippen LogP contribution in [0.5, 0.6) is 0 Å². The highest BCUT2D eigenvalue weighted by atomic mass is 28.4. The van der Waals surface area contributed by atoms with E-state index in [4.69, 9.17) is 18.3 Å². The van der Waals surface area contributed by atoms with E-state index in [0.29, 0.717) is 11.8 Å². The van der Waals surface area contributed by atoms with Crippen LogP contribution < -0.4 is 0 Å².